The zero-order chi connectivity index (χ0) is 19.0. The number of para-hydroxylation sites is 2. The van der Waals surface area contributed by atoms with Crippen molar-refractivity contribution in [1.82, 2.24) is 14.5 Å². The maximum absolute atomic E-state index is 12.4. The van der Waals surface area contributed by atoms with Gasteiger partial charge in [-0.05, 0) is 42.5 Å². The Bertz CT molecular complexity index is 1120. The molecule has 0 aliphatic heterocycles. The highest BCUT2D eigenvalue weighted by Crippen LogP contribution is 2.22. The van der Waals surface area contributed by atoms with Gasteiger partial charge in [-0.2, -0.15) is 0 Å². The topological polar surface area (TPSA) is 106 Å². The molecule has 4 rings (SSSR count). The first-order valence-corrected chi connectivity index (χ1v) is 8.34. The van der Waals surface area contributed by atoms with Gasteiger partial charge in [0.1, 0.15) is 11.5 Å². The van der Waals surface area contributed by atoms with Crippen molar-refractivity contribution in [2.45, 2.75) is 0 Å². The Hall–Kier alpha value is -3.87. The molecule has 0 fully saturated rings. The van der Waals surface area contributed by atoms with E-state index in [-0.39, 0.29) is 5.91 Å². The number of fused-ring (bicyclic) bond motifs is 1. The third-order valence-corrected chi connectivity index (χ3v) is 4.33. The van der Waals surface area contributed by atoms with Crippen LogP contribution in [-0.2, 0) is 7.05 Å². The van der Waals surface area contributed by atoms with Crippen molar-refractivity contribution in [2.75, 3.05) is 5.32 Å². The summed E-state index contributed by atoms with van der Waals surface area (Å²) in [6.07, 6.45) is 1.53. The van der Waals surface area contributed by atoms with Crippen LogP contribution in [0.1, 0.15) is 20.8 Å². The Labute approximate surface area is 154 Å². The lowest BCUT2D eigenvalue weighted by molar-refractivity contribution is 0.0998. The van der Waals surface area contributed by atoms with Crippen LogP contribution in [0.25, 0.3) is 22.4 Å². The van der Waals surface area contributed by atoms with Crippen molar-refractivity contribution in [3.05, 3.63) is 72.1 Å². The van der Waals surface area contributed by atoms with Crippen molar-refractivity contribution >= 4 is 28.5 Å². The van der Waals surface area contributed by atoms with Gasteiger partial charge in [0, 0.05) is 24.5 Å². The fourth-order valence-corrected chi connectivity index (χ4v) is 2.92. The average molecular weight is 359 g/mol. The third-order valence-electron chi connectivity index (χ3n) is 4.33. The molecule has 7 heteroatoms. The summed E-state index contributed by atoms with van der Waals surface area (Å²) in [5, 5.41) is 2.81. The van der Waals surface area contributed by atoms with Crippen LogP contribution in [-0.4, -0.2) is 26.3 Å². The van der Waals surface area contributed by atoms with E-state index in [9.17, 15) is 9.59 Å². The van der Waals surface area contributed by atoms with Gasteiger partial charge in [0.15, 0.2) is 0 Å². The molecule has 4 aromatic rings. The van der Waals surface area contributed by atoms with Gasteiger partial charge in [0.25, 0.3) is 5.91 Å². The summed E-state index contributed by atoms with van der Waals surface area (Å²) >= 11 is 0. The maximum atomic E-state index is 12.4. The zero-order valence-electron chi connectivity index (χ0n) is 14.6. The largest absolute Gasteiger partial charge is 0.366 e. The first-order valence-electron chi connectivity index (χ1n) is 8.34. The first kappa shape index (κ1) is 16.6. The molecule has 7 nitrogen and oxygen atoms in total. The van der Waals surface area contributed by atoms with E-state index in [1.807, 2.05) is 36.4 Å². The number of nitrogens with one attached hydrogen (secondary N) is 2. The van der Waals surface area contributed by atoms with Crippen molar-refractivity contribution in [2.24, 2.45) is 12.8 Å². The zero-order valence-corrected chi connectivity index (χ0v) is 14.6. The number of carbonyl (C=O) groups is 2. The number of nitrogens with two attached hydrogens (primary N) is 1. The van der Waals surface area contributed by atoms with Crippen LogP contribution in [0, 0.1) is 0 Å². The third kappa shape index (κ3) is 3.18. The molecule has 2 aromatic heterocycles. The van der Waals surface area contributed by atoms with Gasteiger partial charge in [-0.1, -0.05) is 12.1 Å². The molecule has 4 N–H and O–H groups in total. The molecule has 0 aliphatic rings. The quantitative estimate of drug-likeness (QED) is 0.521. The number of imidazole rings is 1. The Morgan fingerprint density at radius 1 is 1.11 bits per heavy atom. The molecule has 27 heavy (non-hydrogen) atoms. The van der Waals surface area contributed by atoms with Gasteiger partial charge < -0.3 is 20.6 Å². The normalized spacial score (nSPS) is 10.9. The number of benzene rings is 2. The summed E-state index contributed by atoms with van der Waals surface area (Å²) in [4.78, 5) is 31.5. The number of aromatic nitrogens is 3. The lowest BCUT2D eigenvalue weighted by Crippen LogP contribution is -2.15. The number of primary amides is 1. The van der Waals surface area contributed by atoms with Crippen LogP contribution >= 0.6 is 0 Å². The van der Waals surface area contributed by atoms with Crippen LogP contribution in [0.15, 0.2) is 60.8 Å². The predicted molar refractivity (Wildman–Crippen MR) is 103 cm³/mol. The Morgan fingerprint density at radius 2 is 1.85 bits per heavy atom. The van der Waals surface area contributed by atoms with E-state index in [2.05, 4.69) is 15.3 Å². The fraction of sp³-hybridized carbons (Fsp3) is 0.0500. The van der Waals surface area contributed by atoms with Gasteiger partial charge in [-0.25, -0.2) is 4.98 Å². The summed E-state index contributed by atoms with van der Waals surface area (Å²) in [5.41, 5.74) is 9.33. The molecule has 0 radical (unpaired) electrons. The predicted octanol–water partition coefficient (Wildman–Crippen LogP) is 2.92. The van der Waals surface area contributed by atoms with Crippen molar-refractivity contribution < 1.29 is 9.59 Å². The average Bonchev–Trinajstić information content (AvgIpc) is 3.26. The molecule has 0 aliphatic carbocycles. The molecule has 0 unspecified atom stereocenters. The molecule has 134 valence electrons. The Kier molecular flexibility index (Phi) is 3.97. The molecule has 2 amide bonds. The smallest absolute Gasteiger partial charge is 0.272 e. The molecule has 2 aromatic carbocycles. The number of nitrogens with zero attached hydrogens (tertiary/aromatic N) is 2. The van der Waals surface area contributed by atoms with E-state index in [0.717, 1.165) is 22.4 Å². The van der Waals surface area contributed by atoms with Gasteiger partial charge in [0.05, 0.1) is 16.6 Å². The van der Waals surface area contributed by atoms with Gasteiger partial charge in [-0.15, -0.1) is 0 Å². The summed E-state index contributed by atoms with van der Waals surface area (Å²) in [6.45, 7) is 0. The Morgan fingerprint density at radius 3 is 2.52 bits per heavy atom. The van der Waals surface area contributed by atoms with Crippen LogP contribution < -0.4 is 11.1 Å². The van der Waals surface area contributed by atoms with Gasteiger partial charge in [-0.3, -0.25) is 9.59 Å². The highest BCUT2D eigenvalue weighted by Gasteiger charge is 2.14. The van der Waals surface area contributed by atoms with Crippen molar-refractivity contribution in [1.29, 1.82) is 0 Å². The number of H-pyrrole nitrogens is 1. The SMILES string of the molecule is Cn1cc(C(N)=O)cc1C(=O)Nc1ccc(-c2nc3ccccc3[nH]2)cc1. The number of anilines is 1. The summed E-state index contributed by atoms with van der Waals surface area (Å²) < 4.78 is 1.57. The van der Waals surface area contributed by atoms with Crippen LogP contribution in [0.4, 0.5) is 5.69 Å². The second-order valence-electron chi connectivity index (χ2n) is 6.22. The molecule has 2 heterocycles. The minimum atomic E-state index is -0.570. The fourth-order valence-electron chi connectivity index (χ4n) is 2.92. The highest BCUT2D eigenvalue weighted by molar-refractivity contribution is 6.05. The summed E-state index contributed by atoms with van der Waals surface area (Å²) in [6, 6.07) is 16.7. The summed E-state index contributed by atoms with van der Waals surface area (Å²) in [7, 11) is 1.69. The first-order chi connectivity index (χ1) is 13.0. The van der Waals surface area contributed by atoms with Crippen molar-refractivity contribution in [3.8, 4) is 11.4 Å². The maximum Gasteiger partial charge on any atom is 0.272 e. The van der Waals surface area contributed by atoms with E-state index in [1.54, 1.807) is 23.7 Å². The molecule has 0 saturated carbocycles. The molecule has 0 saturated heterocycles. The minimum Gasteiger partial charge on any atom is -0.366 e. The summed E-state index contributed by atoms with van der Waals surface area (Å²) in [5.74, 6) is -0.121. The standard InChI is InChI=1S/C20H17N5O2/c1-25-11-13(18(21)26)10-17(25)20(27)22-14-8-6-12(7-9-14)19-23-15-4-2-3-5-16(15)24-19/h2-11H,1H3,(H2,21,26)(H,22,27)(H,23,24). The number of hydrogen-bond donors (Lipinski definition) is 3. The second-order valence-corrected chi connectivity index (χ2v) is 6.22. The van der Waals surface area contributed by atoms with Crippen LogP contribution in [0.5, 0.6) is 0 Å². The molecular formula is C20H17N5O2. The number of hydrogen-bond acceptors (Lipinski definition) is 3. The van der Waals surface area contributed by atoms with Crippen LogP contribution in [0.3, 0.4) is 0 Å². The number of amides is 2. The second kappa shape index (κ2) is 6.45. The van der Waals surface area contributed by atoms with E-state index >= 15 is 0 Å². The van der Waals surface area contributed by atoms with Gasteiger partial charge >= 0.3 is 0 Å². The molecule has 0 spiro atoms. The van der Waals surface area contributed by atoms with E-state index in [4.69, 9.17) is 5.73 Å². The number of aromatic amines is 1. The lowest BCUT2D eigenvalue weighted by atomic mass is 10.2. The molecule has 0 atom stereocenters. The molecular weight excluding hydrogens is 342 g/mol. The van der Waals surface area contributed by atoms with E-state index < -0.39 is 5.91 Å². The van der Waals surface area contributed by atoms with E-state index in [0.29, 0.717) is 16.9 Å². The Balaban J connectivity index is 1.54. The number of carbonyl (C=O) groups excluding carboxylic acids is 2. The minimum absolute atomic E-state index is 0.294. The molecule has 0 bridgehead atoms. The number of aryl methyl sites for hydroxylation is 1. The number of rotatable bonds is 4. The van der Waals surface area contributed by atoms with E-state index in [1.165, 1.54) is 12.3 Å². The highest BCUT2D eigenvalue weighted by atomic mass is 16.2. The van der Waals surface area contributed by atoms with Gasteiger partial charge in [0.2, 0.25) is 5.91 Å². The van der Waals surface area contributed by atoms with Crippen LogP contribution in [0.2, 0.25) is 0 Å². The monoisotopic (exact) mass is 359 g/mol. The van der Waals surface area contributed by atoms with Crippen molar-refractivity contribution in [3.63, 3.8) is 0 Å². The lowest BCUT2D eigenvalue weighted by Gasteiger charge is -2.06.